The molecule has 4 N–H and O–H groups in total. The molecule has 0 spiro atoms. The molecular weight excluding hydrogens is 1030 g/mol. The van der Waals surface area contributed by atoms with E-state index in [0.29, 0.717) is 67.2 Å². The number of pyridine rings is 2. The molecule has 6 atom stereocenters. The fraction of sp³-hybridized carbons (Fsp3) is 0.424. The topological polar surface area (TPSA) is 197 Å². The van der Waals surface area contributed by atoms with E-state index < -0.39 is 12.1 Å². The van der Waals surface area contributed by atoms with Gasteiger partial charge >= 0.3 is 0 Å². The molecule has 4 aliphatic heterocycles. The van der Waals surface area contributed by atoms with Crippen molar-refractivity contribution in [2.24, 2.45) is 5.92 Å². The quantitative estimate of drug-likeness (QED) is 0.0876. The van der Waals surface area contributed by atoms with E-state index in [9.17, 15) is 28.8 Å². The van der Waals surface area contributed by atoms with Gasteiger partial charge in [0.1, 0.15) is 34.9 Å². The van der Waals surface area contributed by atoms with Crippen molar-refractivity contribution in [3.05, 3.63) is 167 Å². The lowest BCUT2D eigenvalue weighted by Gasteiger charge is -2.36. The lowest BCUT2D eigenvalue weighted by molar-refractivity contribution is -0.136. The summed E-state index contributed by atoms with van der Waals surface area (Å²) in [5.41, 5.74) is 7.01. The molecular formula is C66H74N10O6. The number of hydrogen-bond donors (Lipinski definition) is 4. The average molecular weight is 1100 g/mol. The van der Waals surface area contributed by atoms with Crippen LogP contribution in [0.2, 0.25) is 0 Å². The maximum Gasteiger partial charge on any atom is 0.272 e. The first-order chi connectivity index (χ1) is 39.9. The second-order valence-corrected chi connectivity index (χ2v) is 24.1. The summed E-state index contributed by atoms with van der Waals surface area (Å²) in [6.45, 7) is 5.82. The number of piperazine rings is 2. The zero-order chi connectivity index (χ0) is 56.4. The number of aromatic nitrogens is 4. The van der Waals surface area contributed by atoms with Crippen molar-refractivity contribution in [1.82, 2.24) is 50.2 Å². The molecule has 2 saturated carbocycles. The summed E-state index contributed by atoms with van der Waals surface area (Å²) in [6.07, 6.45) is 18.1. The van der Waals surface area contributed by atoms with E-state index in [1.54, 1.807) is 0 Å². The zero-order valence-corrected chi connectivity index (χ0v) is 47.0. The molecule has 16 heteroatoms. The number of aromatic amines is 2. The van der Waals surface area contributed by atoms with Crippen LogP contribution in [0.5, 0.6) is 0 Å². The predicted octanol–water partition coefficient (Wildman–Crippen LogP) is 9.57. The highest BCUT2D eigenvalue weighted by atomic mass is 16.2. The molecule has 3 aromatic carbocycles. The Labute approximate surface area is 478 Å². The number of nitrogens with zero attached hydrogens (tertiary/aromatic N) is 6. The Morgan fingerprint density at radius 3 is 1.39 bits per heavy atom. The van der Waals surface area contributed by atoms with Gasteiger partial charge in [0, 0.05) is 66.8 Å². The molecule has 4 saturated heterocycles. The fourth-order valence-corrected chi connectivity index (χ4v) is 13.9. The van der Waals surface area contributed by atoms with Gasteiger partial charge in [-0.05, 0) is 109 Å². The fourth-order valence-electron chi connectivity index (χ4n) is 13.9. The average Bonchev–Trinajstić information content (AvgIpc) is 4.55. The summed E-state index contributed by atoms with van der Waals surface area (Å²) in [5, 5.41) is 7.89. The number of amides is 6. The molecule has 6 amide bonds. The number of fused-ring (bicyclic) bond motifs is 6. The Hall–Kier alpha value is -8.14. The first kappa shape index (κ1) is 54.4. The van der Waals surface area contributed by atoms with Crippen LogP contribution < -0.4 is 10.6 Å². The van der Waals surface area contributed by atoms with Crippen LogP contribution in [0.3, 0.4) is 0 Å². The molecule has 0 unspecified atom stereocenters. The van der Waals surface area contributed by atoms with Crippen molar-refractivity contribution in [3.63, 3.8) is 0 Å². The largest absolute Gasteiger partial charge is 0.351 e. The molecule has 16 nitrogen and oxygen atoms in total. The lowest BCUT2D eigenvalue weighted by atomic mass is 9.85. The van der Waals surface area contributed by atoms with Crippen LogP contribution in [0, 0.1) is 5.92 Å². The van der Waals surface area contributed by atoms with E-state index in [1.807, 2.05) is 149 Å². The summed E-state index contributed by atoms with van der Waals surface area (Å²) in [5.74, 6) is 0.120. The van der Waals surface area contributed by atoms with Gasteiger partial charge in [0.2, 0.25) is 11.8 Å². The second kappa shape index (κ2) is 23.8. The molecule has 6 fully saturated rings. The third kappa shape index (κ3) is 11.4. The zero-order valence-electron chi connectivity index (χ0n) is 47.0. The molecule has 7 aromatic rings. The van der Waals surface area contributed by atoms with Gasteiger partial charge in [0.15, 0.2) is 0 Å². The maximum atomic E-state index is 14.0. The van der Waals surface area contributed by atoms with Gasteiger partial charge in [0.05, 0.1) is 24.2 Å². The maximum absolute atomic E-state index is 14.0. The molecule has 13 rings (SSSR count). The van der Waals surface area contributed by atoms with E-state index in [1.165, 1.54) is 75.3 Å². The van der Waals surface area contributed by atoms with E-state index >= 15 is 0 Å². The van der Waals surface area contributed by atoms with Crippen molar-refractivity contribution in [3.8, 4) is 0 Å². The van der Waals surface area contributed by atoms with E-state index in [-0.39, 0.29) is 65.5 Å². The Morgan fingerprint density at radius 2 is 0.951 bits per heavy atom. The minimum Gasteiger partial charge on any atom is -0.351 e. The first-order valence-electron chi connectivity index (χ1n) is 29.9. The third-order valence-electron chi connectivity index (χ3n) is 18.4. The Kier molecular flexibility index (Phi) is 15.8. The molecule has 8 heterocycles. The molecule has 4 bridgehead atoms. The van der Waals surface area contributed by atoms with Crippen LogP contribution in [0.1, 0.15) is 161 Å². The number of hydrogen-bond acceptors (Lipinski definition) is 8. The van der Waals surface area contributed by atoms with Gasteiger partial charge in [-0.2, -0.15) is 0 Å². The van der Waals surface area contributed by atoms with Gasteiger partial charge in [-0.1, -0.05) is 131 Å². The van der Waals surface area contributed by atoms with Gasteiger partial charge < -0.3 is 40.2 Å². The van der Waals surface area contributed by atoms with Crippen LogP contribution in [0.15, 0.2) is 128 Å². The Balaban J connectivity index is 0.000000163. The highest BCUT2D eigenvalue weighted by Gasteiger charge is 2.50. The number of carbonyl (C=O) groups is 6. The van der Waals surface area contributed by atoms with Gasteiger partial charge in [-0.3, -0.25) is 38.7 Å². The van der Waals surface area contributed by atoms with Crippen molar-refractivity contribution in [2.45, 2.75) is 145 Å². The van der Waals surface area contributed by atoms with E-state index in [2.05, 4.69) is 42.7 Å². The lowest BCUT2D eigenvalue weighted by Crippen LogP contribution is -2.57. The number of rotatable bonds is 13. The monoisotopic (exact) mass is 1100 g/mol. The Bertz CT molecular complexity index is 3390. The molecule has 6 aliphatic rings. The van der Waals surface area contributed by atoms with Crippen LogP contribution in [-0.4, -0.2) is 137 Å². The minimum absolute atomic E-state index is 0.0245. The summed E-state index contributed by atoms with van der Waals surface area (Å²) in [4.78, 5) is 104. The smallest absolute Gasteiger partial charge is 0.272 e. The van der Waals surface area contributed by atoms with Crippen LogP contribution in [0.4, 0.5) is 0 Å². The molecule has 4 aromatic heterocycles. The minimum atomic E-state index is -0.723. The van der Waals surface area contributed by atoms with E-state index in [0.717, 1.165) is 40.2 Å². The molecule has 2 aliphatic carbocycles. The van der Waals surface area contributed by atoms with Crippen molar-refractivity contribution >= 4 is 57.2 Å². The number of H-pyrrole nitrogens is 2. The summed E-state index contributed by atoms with van der Waals surface area (Å²) in [6, 6.07) is 35.1. The van der Waals surface area contributed by atoms with Gasteiger partial charge in [-0.25, -0.2) is 0 Å². The Morgan fingerprint density at radius 1 is 0.512 bits per heavy atom. The van der Waals surface area contributed by atoms with Crippen molar-refractivity contribution in [1.29, 1.82) is 0 Å². The first-order valence-corrected chi connectivity index (χ1v) is 29.9. The molecule has 0 radical (unpaired) electrons. The number of nitrogens with one attached hydrogen (secondary N) is 4. The summed E-state index contributed by atoms with van der Waals surface area (Å²) >= 11 is 0. The molecule has 82 heavy (non-hydrogen) atoms. The standard InChI is InChI=1S/C35H37N5O3.C31H37N5O3/c41-33(31-18-25-13-7-8-14-29(25)37-31)38-32(17-23-9-3-1-4-10-23)35(43)40-22-27-19-28(40)21-39(27)34(42)30-16-15-26(20-36-30)24-11-5-2-6-12-24;1-19(2)28(34-29(37)27-14-21-10-6-7-11-25(21)33-27)31(39)36-18-23-15-24(36)17-35(23)30(38)26-13-12-22(16-32-26)20-8-4-3-5-9-20/h1,3-4,7-10,13-16,18,20,24,27-28,32,37H,2,5-6,11-12,17,19,21-22H2,(H,38,41);6-7,10-14,16,19-20,23-24,28,33H,3-5,8-9,15,17-18H2,1-2H3,(H,34,37)/t27-,28-,32-;23-,24-,28-/m00/s1. The van der Waals surface area contributed by atoms with Crippen molar-refractivity contribution in [2.75, 3.05) is 26.2 Å². The second-order valence-electron chi connectivity index (χ2n) is 24.1. The van der Waals surface area contributed by atoms with Gasteiger partial charge in [-0.15, -0.1) is 0 Å². The number of benzene rings is 3. The number of likely N-dealkylation sites (tertiary alicyclic amines) is 4. The summed E-state index contributed by atoms with van der Waals surface area (Å²) in [7, 11) is 0. The van der Waals surface area contributed by atoms with Crippen LogP contribution >= 0.6 is 0 Å². The molecule has 424 valence electrons. The highest BCUT2D eigenvalue weighted by Crippen LogP contribution is 2.37. The summed E-state index contributed by atoms with van der Waals surface area (Å²) < 4.78 is 0. The predicted molar refractivity (Wildman–Crippen MR) is 314 cm³/mol. The highest BCUT2D eigenvalue weighted by molar-refractivity contribution is 6.02. The third-order valence-corrected chi connectivity index (χ3v) is 18.4. The number of carbonyl (C=O) groups excluding carboxylic acids is 6. The van der Waals surface area contributed by atoms with Crippen molar-refractivity contribution < 1.29 is 28.8 Å². The normalized spacial score (nSPS) is 21.4. The van der Waals surface area contributed by atoms with Gasteiger partial charge in [0.25, 0.3) is 23.6 Å². The van der Waals surface area contributed by atoms with E-state index in [4.69, 9.17) is 0 Å². The van der Waals surface area contributed by atoms with Crippen LogP contribution in [0.25, 0.3) is 21.8 Å². The SMILES string of the molecule is CC(C)[C@H](NC(=O)c1cc2ccccc2[nH]1)C(=O)N1C[C@@H]2C[C@H]1CN2C(=O)c1ccc(C2CCCCC2)cn1.O=C(N[C@@H](Cc1ccccc1)C(=O)N1C[C@@H]2C[C@H]1CN2C(=O)c1ccc(C2CCCCC2)cn1)c1cc2ccccc2[nH]1. The number of para-hydroxylation sites is 2. The van der Waals surface area contributed by atoms with Crippen LogP contribution in [-0.2, 0) is 16.0 Å².